The molecule has 508 valence electrons. The Bertz CT molecular complexity index is 2120. The van der Waals surface area contributed by atoms with Crippen molar-refractivity contribution in [1.82, 2.24) is 5.32 Å². The molecule has 0 aromatic heterocycles. The molecule has 0 aliphatic rings. The number of rotatable bonds is 39. The van der Waals surface area contributed by atoms with Gasteiger partial charge in [-0.2, -0.15) is 13.2 Å². The van der Waals surface area contributed by atoms with E-state index in [9.17, 15) is 58.8 Å². The number of unbranched alkanes of at least 4 members (excludes halogenated alkanes) is 1. The summed E-state index contributed by atoms with van der Waals surface area (Å²) in [6.07, 6.45) is 5.15. The maximum atomic E-state index is 12.0. The Kier molecular flexibility index (Phi) is 57.3. The average Bonchev–Trinajstić information content (AvgIpc) is 3.41. The van der Waals surface area contributed by atoms with Crippen LogP contribution in [0.1, 0.15) is 156 Å². The van der Waals surface area contributed by atoms with Crippen molar-refractivity contribution in [3.8, 4) is 0 Å². The smallest absolute Gasteiger partial charge is 0.465 e. The van der Waals surface area contributed by atoms with Crippen LogP contribution in [0.5, 0.6) is 0 Å². The molecule has 22 nitrogen and oxygen atoms in total. The first-order valence-electron chi connectivity index (χ1n) is 28.1. The molecule has 86 heavy (non-hydrogen) atoms. The molecule has 0 aliphatic heterocycles. The molecule has 1 unspecified atom stereocenters. The fourth-order valence-electron chi connectivity index (χ4n) is 5.48. The number of carbonyl (C=O) groups is 6. The van der Waals surface area contributed by atoms with Gasteiger partial charge in [0.15, 0.2) is 26.7 Å². The standard InChI is InChI=1S/C17H38O3Si2.C15H25NO6.C12H24O5.C10H17F3NO6S2.2CH4.K/c1-9-11-14-21(5,6)20-22(7,8)15-12-13-19-16(18)17(3,4)10-2;1-6-15(4,5)13(18)21-8-7-16-14(19)22-10-9-20-12(17)11(2)3;1-4-11(2)12(13)17-10-9-16-8-7-15-6-5-14-3;1-4-9(2,3)8(15)20-6-5-7-21(16,17)14-22(18,19)10(11,12)13;;;/h9-15H2,1-8H3;2,6-10H2,1,3-5H3,(H,16,19);11H,4-10H2,1-3H3;4-7H2,1-3H3;2*1H4;/q;;;-1;;;+1. The Morgan fingerprint density at radius 1 is 0.581 bits per heavy atom. The number of sulfonamides is 2. The molecule has 1 atom stereocenters. The molecule has 0 saturated heterocycles. The summed E-state index contributed by atoms with van der Waals surface area (Å²) in [6, 6.07) is 2.31. The van der Waals surface area contributed by atoms with E-state index < -0.39 is 76.8 Å². The number of carbonyl (C=O) groups excluding carboxylic acids is 6. The Balaban J connectivity index is -0.000000192. The van der Waals surface area contributed by atoms with Crippen LogP contribution in [0, 0.1) is 22.2 Å². The van der Waals surface area contributed by atoms with Crippen molar-refractivity contribution in [3.05, 3.63) is 16.3 Å². The molecular formula is C56H112F3KN2O20S2Si2. The normalized spacial score (nSPS) is 12.1. The fourth-order valence-corrected chi connectivity index (χ4v) is 16.8. The Morgan fingerprint density at radius 2 is 0.977 bits per heavy atom. The molecule has 0 radical (unpaired) electrons. The van der Waals surface area contributed by atoms with Gasteiger partial charge in [0.25, 0.3) is 0 Å². The van der Waals surface area contributed by atoms with Gasteiger partial charge in [-0.1, -0.05) is 75.8 Å². The molecular weight excluding hydrogens is 1240 g/mol. The first-order valence-corrected chi connectivity index (χ1v) is 37.3. The molecule has 0 aliphatic carbocycles. The zero-order valence-corrected chi connectivity index (χ0v) is 60.9. The van der Waals surface area contributed by atoms with Gasteiger partial charge < -0.3 is 56.2 Å². The maximum Gasteiger partial charge on any atom is 1.00 e. The van der Waals surface area contributed by atoms with Crippen molar-refractivity contribution in [1.29, 1.82) is 0 Å². The number of methoxy groups -OCH3 is 1. The van der Waals surface area contributed by atoms with E-state index in [0.29, 0.717) is 59.1 Å². The van der Waals surface area contributed by atoms with Gasteiger partial charge in [0, 0.05) is 18.4 Å². The summed E-state index contributed by atoms with van der Waals surface area (Å²) in [7, 11) is -12.5. The Hall–Kier alpha value is -2.08. The van der Waals surface area contributed by atoms with Crippen LogP contribution in [0.4, 0.5) is 18.0 Å². The number of hydrogen-bond donors (Lipinski definition) is 1. The minimum atomic E-state index is -6.11. The Morgan fingerprint density at radius 3 is 1.38 bits per heavy atom. The largest absolute Gasteiger partial charge is 1.00 e. The first-order chi connectivity index (χ1) is 38.0. The number of halogens is 3. The molecule has 0 spiro atoms. The van der Waals surface area contributed by atoms with E-state index in [1.807, 2.05) is 45.7 Å². The van der Waals surface area contributed by atoms with Crippen LogP contribution >= 0.6 is 0 Å². The number of ether oxygens (including phenoxy) is 9. The van der Waals surface area contributed by atoms with Crippen molar-refractivity contribution in [2.75, 3.05) is 92.1 Å². The molecule has 0 aromatic rings. The predicted molar refractivity (Wildman–Crippen MR) is 330 cm³/mol. The third-order valence-corrected chi connectivity index (χ3v) is 22.8. The quantitative estimate of drug-likeness (QED) is 0.0198. The molecule has 0 bridgehead atoms. The Labute approximate surface area is 560 Å². The summed E-state index contributed by atoms with van der Waals surface area (Å²) in [4.78, 5) is 68.7. The van der Waals surface area contributed by atoms with Crippen LogP contribution in [-0.4, -0.2) is 167 Å². The molecule has 30 heteroatoms. The zero-order valence-electron chi connectivity index (χ0n) is 54.1. The van der Waals surface area contributed by atoms with Gasteiger partial charge in [0.2, 0.25) is 0 Å². The summed E-state index contributed by atoms with van der Waals surface area (Å²) < 4.78 is 133. The number of amides is 1. The van der Waals surface area contributed by atoms with Crippen LogP contribution in [0.2, 0.25) is 38.3 Å². The van der Waals surface area contributed by atoms with Gasteiger partial charge >= 0.3 is 92.8 Å². The minimum absolute atomic E-state index is 0. The van der Waals surface area contributed by atoms with E-state index in [1.165, 1.54) is 25.8 Å². The third kappa shape index (κ3) is 51.6. The number of alkyl halides is 3. The number of hydrogen-bond acceptors (Lipinski definition) is 20. The van der Waals surface area contributed by atoms with E-state index in [2.05, 4.69) is 45.0 Å². The van der Waals surface area contributed by atoms with Gasteiger partial charge in [-0.25, -0.2) is 26.4 Å². The third-order valence-electron chi connectivity index (χ3n) is 12.2. The van der Waals surface area contributed by atoms with E-state index in [-0.39, 0.29) is 140 Å². The van der Waals surface area contributed by atoms with Crippen molar-refractivity contribution in [3.63, 3.8) is 0 Å². The number of esters is 5. The zero-order chi connectivity index (χ0) is 65.4. The molecule has 0 fully saturated rings. The van der Waals surface area contributed by atoms with Crippen molar-refractivity contribution in [2.24, 2.45) is 22.2 Å². The number of alkyl carbamates (subject to hydrolysis) is 1. The topological polar surface area (TPSA) is 289 Å². The summed E-state index contributed by atoms with van der Waals surface area (Å²) in [5, 5.41) is 2.42. The van der Waals surface area contributed by atoms with Crippen molar-refractivity contribution >= 4 is 72.6 Å². The monoisotopic (exact) mass is 1350 g/mol. The van der Waals surface area contributed by atoms with Gasteiger partial charge in [0.1, 0.15) is 26.4 Å². The second-order valence-corrected chi connectivity index (χ2v) is 34.7. The number of nitrogens with one attached hydrogen (secondary N) is 1. The van der Waals surface area contributed by atoms with E-state index in [1.54, 1.807) is 41.7 Å². The molecule has 0 aromatic carbocycles. The summed E-state index contributed by atoms with van der Waals surface area (Å²) in [6.45, 7) is 39.8. The van der Waals surface area contributed by atoms with Crippen LogP contribution in [0.15, 0.2) is 12.2 Å². The fraction of sp³-hybridized carbons (Fsp3) is 0.857. The summed E-state index contributed by atoms with van der Waals surface area (Å²) in [5.41, 5.74) is -7.17. The summed E-state index contributed by atoms with van der Waals surface area (Å²) in [5.74, 6) is -2.69. The predicted octanol–water partition coefficient (Wildman–Crippen LogP) is 8.83. The second kappa shape index (κ2) is 50.6. The van der Waals surface area contributed by atoms with Gasteiger partial charge in [-0.3, -0.25) is 19.2 Å². The van der Waals surface area contributed by atoms with Crippen molar-refractivity contribution in [2.45, 2.75) is 200 Å². The van der Waals surface area contributed by atoms with Gasteiger partial charge in [-0.15, -0.1) is 0 Å². The van der Waals surface area contributed by atoms with Crippen LogP contribution in [-0.2, 0) is 90.8 Å². The molecule has 0 saturated carbocycles. The van der Waals surface area contributed by atoms with E-state index in [4.69, 9.17) is 46.7 Å². The van der Waals surface area contributed by atoms with Crippen molar-refractivity contribution < 1.29 is 157 Å². The molecule has 0 rings (SSSR count). The van der Waals surface area contributed by atoms with Gasteiger partial charge in [-0.05, 0) is 125 Å². The van der Waals surface area contributed by atoms with E-state index >= 15 is 0 Å². The van der Waals surface area contributed by atoms with Crippen LogP contribution < -0.4 is 56.7 Å². The summed E-state index contributed by atoms with van der Waals surface area (Å²) >= 11 is 0. The second-order valence-electron chi connectivity index (χ2n) is 22.3. The maximum absolute atomic E-state index is 12.0. The minimum Gasteiger partial charge on any atom is -0.465 e. The number of nitrogens with zero attached hydrogens (tertiary/aromatic N) is 1. The average molecular weight is 1350 g/mol. The van der Waals surface area contributed by atoms with Crippen LogP contribution in [0.25, 0.3) is 4.13 Å². The molecule has 1 N–H and O–H groups in total. The van der Waals surface area contributed by atoms with Crippen LogP contribution in [0.3, 0.4) is 0 Å². The molecule has 1 amide bonds. The van der Waals surface area contributed by atoms with E-state index in [0.717, 1.165) is 25.3 Å². The first kappa shape index (κ1) is 97.5. The van der Waals surface area contributed by atoms with Gasteiger partial charge in [0.05, 0.1) is 85.0 Å². The SMILES string of the molecule is C.C.C=C(C)C(=O)OCCOC(=O)NCCOC(=O)C(C)(C)CC.CCC(C)(C)C(=O)OCCCS(=O)(=O)[N-]S(=O)(=O)C(F)(F)F.CCC(C)C(=O)OCCOCCOCCOC.CCCC[Si](C)(C)O[Si](C)(C)CCCOC(=O)C(C)(C)CC.[K+]. The molecule has 0 heterocycles.